The number of ether oxygens (including phenoxy) is 1. The molecule has 0 saturated heterocycles. The minimum absolute atomic E-state index is 0.161. The van der Waals surface area contributed by atoms with E-state index in [2.05, 4.69) is 43.4 Å². The third kappa shape index (κ3) is 2.74. The highest BCUT2D eigenvalue weighted by Crippen LogP contribution is 2.37. The summed E-state index contributed by atoms with van der Waals surface area (Å²) in [6.07, 6.45) is 0.978. The van der Waals surface area contributed by atoms with Gasteiger partial charge in [0.1, 0.15) is 0 Å². The highest BCUT2D eigenvalue weighted by Gasteiger charge is 2.30. The molecule has 0 aromatic heterocycles. The van der Waals surface area contributed by atoms with Gasteiger partial charge in [0.15, 0.2) is 0 Å². The lowest BCUT2D eigenvalue weighted by atomic mass is 10.0. The van der Waals surface area contributed by atoms with Gasteiger partial charge in [0, 0.05) is 25.2 Å². The number of rotatable bonds is 5. The number of nitrogens with two attached hydrogens (primary N) is 1. The monoisotopic (exact) mass is 248 g/mol. The van der Waals surface area contributed by atoms with Crippen molar-refractivity contribution >= 4 is 0 Å². The van der Waals surface area contributed by atoms with E-state index in [1.807, 2.05) is 0 Å². The standard InChI is InChI=1S/C15H24N2O/c1-10(2)15(9-18-3)17-14-8-13(16)11-6-4-5-7-12(11)14/h4-7,10,13-15,17H,8-9,16H2,1-3H3. The second-order valence-corrected chi connectivity index (χ2v) is 5.50. The van der Waals surface area contributed by atoms with Gasteiger partial charge in [-0.1, -0.05) is 38.1 Å². The largest absolute Gasteiger partial charge is 0.383 e. The number of benzene rings is 1. The first-order valence-corrected chi connectivity index (χ1v) is 6.73. The molecule has 0 radical (unpaired) electrons. The molecule has 3 unspecified atom stereocenters. The fourth-order valence-corrected chi connectivity index (χ4v) is 2.70. The molecule has 3 nitrogen and oxygen atoms in total. The number of methoxy groups -OCH3 is 1. The first-order valence-electron chi connectivity index (χ1n) is 6.73. The van der Waals surface area contributed by atoms with Crippen molar-refractivity contribution in [1.82, 2.24) is 5.32 Å². The van der Waals surface area contributed by atoms with Crippen LogP contribution in [0.1, 0.15) is 43.5 Å². The van der Waals surface area contributed by atoms with E-state index in [1.54, 1.807) is 7.11 Å². The summed E-state index contributed by atoms with van der Waals surface area (Å²) in [5.74, 6) is 0.550. The summed E-state index contributed by atoms with van der Waals surface area (Å²) >= 11 is 0. The Morgan fingerprint density at radius 3 is 2.61 bits per heavy atom. The van der Waals surface area contributed by atoms with E-state index in [0.29, 0.717) is 18.0 Å². The fourth-order valence-electron chi connectivity index (χ4n) is 2.70. The van der Waals surface area contributed by atoms with Crippen LogP contribution in [0.4, 0.5) is 0 Å². The van der Waals surface area contributed by atoms with Gasteiger partial charge < -0.3 is 15.8 Å². The Labute approximate surface area is 110 Å². The second-order valence-electron chi connectivity index (χ2n) is 5.50. The number of hydrogen-bond acceptors (Lipinski definition) is 3. The molecule has 0 fully saturated rings. The van der Waals surface area contributed by atoms with Crippen LogP contribution in [-0.2, 0) is 4.74 Å². The number of fused-ring (bicyclic) bond motifs is 1. The molecule has 0 saturated carbocycles. The zero-order valence-corrected chi connectivity index (χ0v) is 11.5. The topological polar surface area (TPSA) is 47.3 Å². The SMILES string of the molecule is COCC(NC1CC(N)c2ccccc21)C(C)C. The van der Waals surface area contributed by atoms with Gasteiger partial charge in [-0.3, -0.25) is 0 Å². The van der Waals surface area contributed by atoms with Crippen LogP contribution in [0.3, 0.4) is 0 Å². The first kappa shape index (κ1) is 13.5. The van der Waals surface area contributed by atoms with Crippen LogP contribution in [0.25, 0.3) is 0 Å². The molecule has 0 amide bonds. The average Bonchev–Trinajstić information content (AvgIpc) is 2.66. The van der Waals surface area contributed by atoms with Crippen LogP contribution in [0.2, 0.25) is 0 Å². The molecule has 3 N–H and O–H groups in total. The molecule has 3 atom stereocenters. The van der Waals surface area contributed by atoms with E-state index >= 15 is 0 Å². The zero-order chi connectivity index (χ0) is 13.1. The molecular weight excluding hydrogens is 224 g/mol. The lowest BCUT2D eigenvalue weighted by Gasteiger charge is -2.26. The fraction of sp³-hybridized carbons (Fsp3) is 0.600. The molecule has 1 aromatic carbocycles. The van der Waals surface area contributed by atoms with Crippen molar-refractivity contribution < 1.29 is 4.74 Å². The molecule has 0 spiro atoms. The quantitative estimate of drug-likeness (QED) is 0.841. The minimum Gasteiger partial charge on any atom is -0.383 e. The zero-order valence-electron chi connectivity index (χ0n) is 11.5. The normalized spacial score (nSPS) is 24.3. The lowest BCUT2D eigenvalue weighted by Crippen LogP contribution is -2.39. The summed E-state index contributed by atoms with van der Waals surface area (Å²) in [5, 5.41) is 3.70. The lowest BCUT2D eigenvalue weighted by molar-refractivity contribution is 0.139. The summed E-state index contributed by atoms with van der Waals surface area (Å²) in [6, 6.07) is 9.38. The number of hydrogen-bond donors (Lipinski definition) is 2. The van der Waals surface area contributed by atoms with Crippen molar-refractivity contribution in [3.05, 3.63) is 35.4 Å². The Morgan fingerprint density at radius 2 is 2.00 bits per heavy atom. The molecule has 0 aliphatic heterocycles. The first-order chi connectivity index (χ1) is 8.63. The third-order valence-electron chi connectivity index (χ3n) is 3.83. The van der Waals surface area contributed by atoms with Gasteiger partial charge in [0.2, 0.25) is 0 Å². The summed E-state index contributed by atoms with van der Waals surface area (Å²) in [7, 11) is 1.76. The maximum atomic E-state index is 6.19. The molecule has 100 valence electrons. The second kappa shape index (κ2) is 5.83. The van der Waals surface area contributed by atoms with Crippen LogP contribution in [-0.4, -0.2) is 19.8 Å². The maximum absolute atomic E-state index is 6.19. The molecule has 1 aliphatic carbocycles. The van der Waals surface area contributed by atoms with Crippen LogP contribution < -0.4 is 11.1 Å². The summed E-state index contributed by atoms with van der Waals surface area (Å²) < 4.78 is 5.30. The van der Waals surface area contributed by atoms with Gasteiger partial charge in [-0.25, -0.2) is 0 Å². The Morgan fingerprint density at radius 1 is 1.33 bits per heavy atom. The van der Waals surface area contributed by atoms with Crippen LogP contribution >= 0.6 is 0 Å². The Kier molecular flexibility index (Phi) is 4.38. The predicted molar refractivity (Wildman–Crippen MR) is 74.4 cm³/mol. The average molecular weight is 248 g/mol. The van der Waals surface area contributed by atoms with E-state index < -0.39 is 0 Å². The third-order valence-corrected chi connectivity index (χ3v) is 3.83. The minimum atomic E-state index is 0.161. The molecule has 18 heavy (non-hydrogen) atoms. The Balaban J connectivity index is 2.11. The van der Waals surface area contributed by atoms with Crippen LogP contribution in [0.5, 0.6) is 0 Å². The highest BCUT2D eigenvalue weighted by atomic mass is 16.5. The molecule has 2 rings (SSSR count). The van der Waals surface area contributed by atoms with Crippen molar-refractivity contribution in [2.45, 2.75) is 38.4 Å². The molecule has 3 heteroatoms. The smallest absolute Gasteiger partial charge is 0.0618 e. The molecule has 0 bridgehead atoms. The van der Waals surface area contributed by atoms with Crippen molar-refractivity contribution in [3.63, 3.8) is 0 Å². The Bertz CT molecular complexity index is 392. The van der Waals surface area contributed by atoms with Gasteiger partial charge in [-0.2, -0.15) is 0 Å². The molecular formula is C15H24N2O. The summed E-state index contributed by atoms with van der Waals surface area (Å²) in [6.45, 7) is 5.18. The van der Waals surface area contributed by atoms with E-state index in [0.717, 1.165) is 13.0 Å². The van der Waals surface area contributed by atoms with Crippen molar-refractivity contribution in [3.8, 4) is 0 Å². The maximum Gasteiger partial charge on any atom is 0.0618 e. The molecule has 0 heterocycles. The van der Waals surface area contributed by atoms with E-state index in [-0.39, 0.29) is 6.04 Å². The van der Waals surface area contributed by atoms with Crippen molar-refractivity contribution in [1.29, 1.82) is 0 Å². The van der Waals surface area contributed by atoms with Crippen LogP contribution in [0.15, 0.2) is 24.3 Å². The van der Waals surface area contributed by atoms with Gasteiger partial charge in [0.25, 0.3) is 0 Å². The summed E-state index contributed by atoms with van der Waals surface area (Å²) in [5.41, 5.74) is 8.83. The molecule has 1 aliphatic rings. The van der Waals surface area contributed by atoms with Crippen molar-refractivity contribution in [2.75, 3.05) is 13.7 Å². The van der Waals surface area contributed by atoms with E-state index in [4.69, 9.17) is 10.5 Å². The Hall–Kier alpha value is -0.900. The van der Waals surface area contributed by atoms with Gasteiger partial charge in [-0.15, -0.1) is 0 Å². The molecule has 1 aromatic rings. The van der Waals surface area contributed by atoms with Gasteiger partial charge in [0.05, 0.1) is 6.61 Å². The van der Waals surface area contributed by atoms with Gasteiger partial charge >= 0.3 is 0 Å². The van der Waals surface area contributed by atoms with Gasteiger partial charge in [-0.05, 0) is 23.5 Å². The van der Waals surface area contributed by atoms with Crippen molar-refractivity contribution in [2.24, 2.45) is 11.7 Å². The van der Waals surface area contributed by atoms with Crippen LogP contribution in [0, 0.1) is 5.92 Å². The van der Waals surface area contributed by atoms with E-state index in [1.165, 1.54) is 11.1 Å². The predicted octanol–water partition coefficient (Wildman–Crippen LogP) is 2.39. The van der Waals surface area contributed by atoms with E-state index in [9.17, 15) is 0 Å². The number of nitrogens with one attached hydrogen (secondary N) is 1. The summed E-state index contributed by atoms with van der Waals surface area (Å²) in [4.78, 5) is 0. The highest BCUT2D eigenvalue weighted by molar-refractivity contribution is 5.37.